The van der Waals surface area contributed by atoms with Gasteiger partial charge in [-0.15, -0.1) is 0 Å². The van der Waals surface area contributed by atoms with Crippen molar-refractivity contribution in [1.29, 1.82) is 0 Å². The second kappa shape index (κ2) is 4.20. The zero-order valence-corrected chi connectivity index (χ0v) is 11.9. The minimum Gasteiger partial charge on any atom is -0.308 e. The Morgan fingerprint density at radius 2 is 1.94 bits per heavy atom. The summed E-state index contributed by atoms with van der Waals surface area (Å²) in [6, 6.07) is 1.86. The zero-order valence-electron chi connectivity index (χ0n) is 10.3. The smallest absolute Gasteiger partial charge is 0.241 e. The lowest BCUT2D eigenvalue weighted by Crippen LogP contribution is -2.31. The van der Waals surface area contributed by atoms with Gasteiger partial charge in [0.25, 0.3) is 0 Å². The summed E-state index contributed by atoms with van der Waals surface area (Å²) < 4.78 is -0.589. The predicted octanol–water partition coefficient (Wildman–Crippen LogP) is 2.82. The van der Waals surface area contributed by atoms with Crippen molar-refractivity contribution in [2.45, 2.75) is 44.4 Å². The van der Waals surface area contributed by atoms with E-state index in [2.05, 4.69) is 52.2 Å². The number of aromatic amines is 1. The van der Waals surface area contributed by atoms with Gasteiger partial charge in [-0.05, 0) is 13.8 Å². The van der Waals surface area contributed by atoms with E-state index in [1.54, 1.807) is 13.8 Å². The van der Waals surface area contributed by atoms with Crippen LogP contribution in [0.5, 0.6) is 0 Å². The van der Waals surface area contributed by atoms with E-state index in [1.807, 2.05) is 6.07 Å². The second-order valence-electron chi connectivity index (χ2n) is 5.34. The van der Waals surface area contributed by atoms with Gasteiger partial charge < -0.3 is 5.32 Å². The van der Waals surface area contributed by atoms with Gasteiger partial charge in [-0.2, -0.15) is 5.10 Å². The number of nitrogens with zero attached hydrogens (tertiary/aromatic N) is 1. The van der Waals surface area contributed by atoms with Crippen LogP contribution in [0, 0.1) is 0 Å². The first-order valence-corrected chi connectivity index (χ1v) is 5.96. The molecule has 0 saturated carbocycles. The molecule has 2 N–H and O–H groups in total. The highest BCUT2D eigenvalue weighted by molar-refractivity contribution is 9.10. The average molecular weight is 288 g/mol. The van der Waals surface area contributed by atoms with E-state index in [4.69, 9.17) is 0 Å². The van der Waals surface area contributed by atoms with Crippen LogP contribution in [0.15, 0.2) is 6.07 Å². The first-order valence-electron chi connectivity index (χ1n) is 5.17. The number of amides is 1. The number of rotatable bonds is 2. The monoisotopic (exact) mass is 287 g/mol. The highest BCUT2D eigenvalue weighted by Crippen LogP contribution is 2.23. The Balaban J connectivity index is 2.78. The molecule has 0 unspecified atom stereocenters. The fraction of sp³-hybridized carbons (Fsp3) is 0.636. The van der Waals surface area contributed by atoms with E-state index >= 15 is 0 Å². The largest absolute Gasteiger partial charge is 0.308 e. The molecule has 0 saturated heterocycles. The van der Waals surface area contributed by atoms with Crippen LogP contribution in [-0.2, 0) is 10.2 Å². The summed E-state index contributed by atoms with van der Waals surface area (Å²) >= 11 is 3.30. The third kappa shape index (κ3) is 3.33. The van der Waals surface area contributed by atoms with Crippen LogP contribution in [-0.4, -0.2) is 20.4 Å². The number of nitrogens with one attached hydrogen (secondary N) is 2. The fourth-order valence-corrected chi connectivity index (χ4v) is 1.13. The Kier molecular flexibility index (Phi) is 3.47. The number of carbonyl (C=O) groups excluding carboxylic acids is 1. The van der Waals surface area contributed by atoms with Crippen LogP contribution in [0.1, 0.15) is 40.3 Å². The molecule has 16 heavy (non-hydrogen) atoms. The van der Waals surface area contributed by atoms with Crippen LogP contribution < -0.4 is 5.32 Å². The highest BCUT2D eigenvalue weighted by Gasteiger charge is 2.25. The fourth-order valence-electron chi connectivity index (χ4n) is 1.03. The lowest BCUT2D eigenvalue weighted by molar-refractivity contribution is -0.117. The third-order valence-electron chi connectivity index (χ3n) is 2.17. The van der Waals surface area contributed by atoms with E-state index in [1.165, 1.54) is 0 Å². The molecule has 0 aliphatic heterocycles. The minimum atomic E-state index is -0.589. The van der Waals surface area contributed by atoms with Gasteiger partial charge in [-0.3, -0.25) is 9.89 Å². The topological polar surface area (TPSA) is 57.8 Å². The third-order valence-corrected chi connectivity index (χ3v) is 2.53. The lowest BCUT2D eigenvalue weighted by atomic mass is 9.92. The number of hydrogen-bond acceptors (Lipinski definition) is 2. The van der Waals surface area contributed by atoms with Gasteiger partial charge >= 0.3 is 0 Å². The molecule has 0 aliphatic carbocycles. The van der Waals surface area contributed by atoms with E-state index in [9.17, 15) is 4.79 Å². The molecule has 0 aliphatic rings. The highest BCUT2D eigenvalue weighted by atomic mass is 79.9. The molecule has 0 aromatic carbocycles. The van der Waals surface area contributed by atoms with Crippen molar-refractivity contribution in [2.75, 3.05) is 5.32 Å². The van der Waals surface area contributed by atoms with Crippen LogP contribution in [0.25, 0.3) is 0 Å². The maximum atomic E-state index is 11.7. The predicted molar refractivity (Wildman–Crippen MR) is 68.9 cm³/mol. The van der Waals surface area contributed by atoms with Gasteiger partial charge in [0, 0.05) is 17.2 Å². The zero-order chi connectivity index (χ0) is 12.6. The number of halogens is 1. The molecule has 5 heteroatoms. The Hall–Kier alpha value is -0.840. The summed E-state index contributed by atoms with van der Waals surface area (Å²) in [7, 11) is 0. The Morgan fingerprint density at radius 1 is 1.38 bits per heavy atom. The molecule has 1 aromatic rings. The molecule has 0 spiro atoms. The number of hydrogen-bond donors (Lipinski definition) is 2. The lowest BCUT2D eigenvalue weighted by Gasteiger charge is -2.15. The van der Waals surface area contributed by atoms with Crippen LogP contribution in [0.3, 0.4) is 0 Å². The van der Waals surface area contributed by atoms with E-state index in [-0.39, 0.29) is 11.3 Å². The first kappa shape index (κ1) is 13.2. The Morgan fingerprint density at radius 3 is 2.31 bits per heavy atom. The molecule has 0 bridgehead atoms. The molecular weight excluding hydrogens is 270 g/mol. The van der Waals surface area contributed by atoms with E-state index in [0.29, 0.717) is 5.82 Å². The molecule has 0 radical (unpaired) electrons. The van der Waals surface area contributed by atoms with Gasteiger partial charge in [0.2, 0.25) is 5.91 Å². The van der Waals surface area contributed by atoms with Gasteiger partial charge in [-0.25, -0.2) is 0 Å². The van der Waals surface area contributed by atoms with Gasteiger partial charge in [0.1, 0.15) is 0 Å². The molecule has 1 rings (SSSR count). The van der Waals surface area contributed by atoms with Crippen molar-refractivity contribution in [2.24, 2.45) is 0 Å². The Labute approximate surface area is 104 Å². The van der Waals surface area contributed by atoms with E-state index < -0.39 is 4.32 Å². The average Bonchev–Trinajstić information content (AvgIpc) is 2.49. The van der Waals surface area contributed by atoms with E-state index in [0.717, 1.165) is 5.69 Å². The number of aromatic nitrogens is 2. The molecule has 4 nitrogen and oxygen atoms in total. The molecule has 1 amide bonds. The first-order chi connectivity index (χ1) is 7.10. The summed E-state index contributed by atoms with van der Waals surface area (Å²) in [5, 5.41) is 9.73. The van der Waals surface area contributed by atoms with Crippen LogP contribution >= 0.6 is 15.9 Å². The summed E-state index contributed by atoms with van der Waals surface area (Å²) in [4.78, 5) is 11.7. The molecule has 90 valence electrons. The van der Waals surface area contributed by atoms with Crippen LogP contribution in [0.2, 0.25) is 0 Å². The molecule has 0 fully saturated rings. The van der Waals surface area contributed by atoms with Crippen molar-refractivity contribution < 1.29 is 4.79 Å². The van der Waals surface area contributed by atoms with Crippen molar-refractivity contribution in [1.82, 2.24) is 10.2 Å². The SMILES string of the molecule is CC(C)(Br)C(=O)Nc1cc(C(C)(C)C)[nH]n1. The van der Waals surface area contributed by atoms with Gasteiger partial charge in [-0.1, -0.05) is 36.7 Å². The maximum Gasteiger partial charge on any atom is 0.241 e. The summed E-state index contributed by atoms with van der Waals surface area (Å²) in [6.07, 6.45) is 0. The molecular formula is C11H18BrN3O. The summed E-state index contributed by atoms with van der Waals surface area (Å²) in [5.74, 6) is 0.446. The maximum absolute atomic E-state index is 11.7. The van der Waals surface area contributed by atoms with Crippen molar-refractivity contribution in [3.63, 3.8) is 0 Å². The normalized spacial score (nSPS) is 12.6. The summed E-state index contributed by atoms with van der Waals surface area (Å²) in [5.41, 5.74) is 0.995. The number of alkyl halides is 1. The standard InChI is InChI=1S/C11H18BrN3O/c1-10(2,3)7-6-8(15-14-7)13-9(16)11(4,5)12/h6H,1-5H3,(H2,13,14,15,16). The van der Waals surface area contributed by atoms with Crippen molar-refractivity contribution in [3.05, 3.63) is 11.8 Å². The van der Waals surface area contributed by atoms with Gasteiger partial charge in [0.05, 0.1) is 4.32 Å². The van der Waals surface area contributed by atoms with Crippen molar-refractivity contribution >= 4 is 27.7 Å². The Bertz CT molecular complexity index is 385. The number of H-pyrrole nitrogens is 1. The van der Waals surface area contributed by atoms with Crippen LogP contribution in [0.4, 0.5) is 5.82 Å². The van der Waals surface area contributed by atoms with Crippen molar-refractivity contribution in [3.8, 4) is 0 Å². The summed E-state index contributed by atoms with van der Waals surface area (Å²) in [6.45, 7) is 9.83. The number of carbonyl (C=O) groups is 1. The minimum absolute atomic E-state index is 0.000102. The molecule has 1 aromatic heterocycles. The molecule has 0 atom stereocenters. The number of anilines is 1. The second-order valence-corrected chi connectivity index (χ2v) is 7.33. The quantitative estimate of drug-likeness (QED) is 0.822. The molecule has 1 heterocycles. The van der Waals surface area contributed by atoms with Gasteiger partial charge in [0.15, 0.2) is 5.82 Å².